The van der Waals surface area contributed by atoms with Crippen molar-refractivity contribution in [2.75, 3.05) is 22.9 Å². The lowest BCUT2D eigenvalue weighted by atomic mass is 9.75. The van der Waals surface area contributed by atoms with Crippen molar-refractivity contribution >= 4 is 22.7 Å². The van der Waals surface area contributed by atoms with Crippen molar-refractivity contribution in [2.24, 2.45) is 0 Å². The summed E-state index contributed by atoms with van der Waals surface area (Å²) in [6.07, 6.45) is 7.48. The molecule has 4 saturated carbocycles. The Morgan fingerprint density at radius 2 is 0.878 bits per heavy atom. The summed E-state index contributed by atoms with van der Waals surface area (Å²) in [6.45, 7) is 0. The van der Waals surface area contributed by atoms with Crippen LogP contribution in [0.25, 0.3) is 22.5 Å². The van der Waals surface area contributed by atoms with Gasteiger partial charge in [0.25, 0.3) is 0 Å². The molecule has 0 unspecified atom stereocenters. The van der Waals surface area contributed by atoms with E-state index in [2.05, 4.69) is 9.97 Å². The summed E-state index contributed by atoms with van der Waals surface area (Å²) in [6, 6.07) is 10.0. The summed E-state index contributed by atoms with van der Waals surface area (Å²) < 4.78 is 6.21. The van der Waals surface area contributed by atoms with E-state index in [0.717, 1.165) is 25.7 Å². The first-order valence-electron chi connectivity index (χ1n) is 17.1. The average molecular weight is 667 g/mol. The fraction of sp³-hybridized carbons (Fsp3) is 0.444. The molecule has 0 bridgehead atoms. The number of nitrogens with two attached hydrogens (primary N) is 4. The third kappa shape index (κ3) is 5.06. The Bertz CT molecular complexity index is 1980. The van der Waals surface area contributed by atoms with Gasteiger partial charge in [-0.2, -0.15) is 0 Å². The van der Waals surface area contributed by atoms with Crippen LogP contribution in [0.4, 0.5) is 22.7 Å². The molecule has 13 heteroatoms. The first-order valence-corrected chi connectivity index (χ1v) is 17.1. The van der Waals surface area contributed by atoms with Crippen LogP contribution in [0, 0.1) is 0 Å². The standard InChI is InChI=1S/C36H42N8O5/c37-21-5-7-23(41-29(21)33(45)9-1-10-33)24-17-19(27(39)31(42-24)35(47)13-3-14-35)20-18-26(44-32(28(20)40)36(48)15-4-16-36)49-25-8-6-22(38)30(43-25)34(46)11-2-12-34/h5-8,17-18,45-48H,1-4,9-16,37-40H2. The second-order valence-corrected chi connectivity index (χ2v) is 14.5. The molecule has 4 aliphatic rings. The molecule has 13 nitrogen and oxygen atoms in total. The third-order valence-corrected chi connectivity index (χ3v) is 11.2. The molecule has 0 aromatic carbocycles. The highest BCUT2D eigenvalue weighted by atomic mass is 16.5. The highest BCUT2D eigenvalue weighted by Gasteiger charge is 2.44. The zero-order valence-corrected chi connectivity index (χ0v) is 27.2. The van der Waals surface area contributed by atoms with Crippen LogP contribution in [-0.4, -0.2) is 40.4 Å². The van der Waals surface area contributed by atoms with Gasteiger partial charge in [-0.3, -0.25) is 0 Å². The lowest BCUT2D eigenvalue weighted by Crippen LogP contribution is -2.36. The molecule has 0 saturated heterocycles. The van der Waals surface area contributed by atoms with Crippen LogP contribution in [0.1, 0.15) is 99.8 Å². The van der Waals surface area contributed by atoms with Gasteiger partial charge < -0.3 is 48.1 Å². The minimum atomic E-state index is -1.27. The van der Waals surface area contributed by atoms with E-state index in [9.17, 15) is 20.4 Å². The molecule has 0 aliphatic heterocycles. The lowest BCUT2D eigenvalue weighted by Gasteiger charge is -2.38. The Kier molecular flexibility index (Phi) is 7.10. The maximum atomic E-state index is 11.6. The second kappa shape index (κ2) is 11.0. The normalized spacial score (nSPS) is 21.1. The molecule has 0 atom stereocenters. The number of aliphatic hydroxyl groups is 4. The molecule has 256 valence electrons. The number of hydrogen-bond acceptors (Lipinski definition) is 13. The molecular weight excluding hydrogens is 624 g/mol. The molecule has 4 heterocycles. The van der Waals surface area contributed by atoms with Crippen LogP contribution in [0.15, 0.2) is 36.4 Å². The Morgan fingerprint density at radius 1 is 0.469 bits per heavy atom. The van der Waals surface area contributed by atoms with Crippen LogP contribution >= 0.6 is 0 Å². The quantitative estimate of drug-likeness (QED) is 0.131. The monoisotopic (exact) mass is 666 g/mol. The predicted octanol–water partition coefficient (Wildman–Crippen LogP) is 4.21. The zero-order valence-electron chi connectivity index (χ0n) is 27.2. The Hall–Kier alpha value is -4.56. The van der Waals surface area contributed by atoms with Crippen LogP contribution < -0.4 is 27.7 Å². The number of rotatable bonds is 8. The predicted molar refractivity (Wildman–Crippen MR) is 184 cm³/mol. The van der Waals surface area contributed by atoms with Gasteiger partial charge in [-0.15, -0.1) is 0 Å². The van der Waals surface area contributed by atoms with Crippen molar-refractivity contribution in [1.29, 1.82) is 0 Å². The van der Waals surface area contributed by atoms with E-state index in [1.807, 2.05) is 0 Å². The zero-order chi connectivity index (χ0) is 34.3. The maximum Gasteiger partial charge on any atom is 0.222 e. The highest BCUT2D eigenvalue weighted by molar-refractivity contribution is 5.89. The van der Waals surface area contributed by atoms with Gasteiger partial charge in [-0.05, 0) is 101 Å². The number of nitrogen functional groups attached to an aromatic ring is 4. The molecule has 4 aromatic heterocycles. The molecule has 12 N–H and O–H groups in total. The van der Waals surface area contributed by atoms with Gasteiger partial charge in [0.1, 0.15) is 22.4 Å². The summed E-state index contributed by atoms with van der Waals surface area (Å²) in [4.78, 5) is 18.9. The van der Waals surface area contributed by atoms with Gasteiger partial charge in [-0.1, -0.05) is 0 Å². The van der Waals surface area contributed by atoms with E-state index < -0.39 is 22.4 Å². The average Bonchev–Trinajstić information content (AvgIpc) is 3.02. The Labute approximate surface area is 283 Å². The van der Waals surface area contributed by atoms with E-state index in [4.69, 9.17) is 37.6 Å². The number of nitrogens with zero attached hydrogens (tertiary/aromatic N) is 4. The molecule has 4 fully saturated rings. The molecular formula is C36H42N8O5. The minimum absolute atomic E-state index is 0.102. The van der Waals surface area contributed by atoms with Crippen LogP contribution in [0.2, 0.25) is 0 Å². The summed E-state index contributed by atoms with van der Waals surface area (Å²) in [5, 5.41) is 45.3. The first kappa shape index (κ1) is 31.7. The van der Waals surface area contributed by atoms with Crippen LogP contribution in [0.3, 0.4) is 0 Å². The van der Waals surface area contributed by atoms with Gasteiger partial charge in [0.2, 0.25) is 11.8 Å². The Morgan fingerprint density at radius 3 is 1.39 bits per heavy atom. The van der Waals surface area contributed by atoms with Crippen molar-refractivity contribution in [3.05, 3.63) is 59.2 Å². The Balaban J connectivity index is 1.29. The van der Waals surface area contributed by atoms with Crippen molar-refractivity contribution in [1.82, 2.24) is 19.9 Å². The maximum absolute atomic E-state index is 11.6. The number of pyridine rings is 4. The first-order chi connectivity index (χ1) is 23.3. The molecule has 49 heavy (non-hydrogen) atoms. The molecule has 0 amide bonds. The second-order valence-electron chi connectivity index (χ2n) is 14.5. The molecule has 4 aromatic rings. The lowest BCUT2D eigenvalue weighted by molar-refractivity contribution is -0.0426. The fourth-order valence-corrected chi connectivity index (χ4v) is 7.39. The number of aromatic nitrogens is 4. The smallest absolute Gasteiger partial charge is 0.222 e. The van der Waals surface area contributed by atoms with Crippen LogP contribution in [0.5, 0.6) is 11.8 Å². The molecule has 4 aliphatic carbocycles. The molecule has 0 radical (unpaired) electrons. The van der Waals surface area contributed by atoms with Crippen LogP contribution in [-0.2, 0) is 22.4 Å². The van der Waals surface area contributed by atoms with Gasteiger partial charge in [0, 0.05) is 23.3 Å². The van der Waals surface area contributed by atoms with Gasteiger partial charge >= 0.3 is 0 Å². The summed E-state index contributed by atoms with van der Waals surface area (Å²) in [7, 11) is 0. The van der Waals surface area contributed by atoms with E-state index in [1.165, 1.54) is 0 Å². The van der Waals surface area contributed by atoms with Crippen molar-refractivity contribution in [3.8, 4) is 34.3 Å². The van der Waals surface area contributed by atoms with E-state index in [1.54, 1.807) is 36.4 Å². The topological polar surface area (TPSA) is 246 Å². The summed E-state index contributed by atoms with van der Waals surface area (Å²) >= 11 is 0. The van der Waals surface area contributed by atoms with E-state index >= 15 is 0 Å². The fourth-order valence-electron chi connectivity index (χ4n) is 7.39. The van der Waals surface area contributed by atoms with Gasteiger partial charge in [-0.25, -0.2) is 19.9 Å². The van der Waals surface area contributed by atoms with E-state index in [0.29, 0.717) is 102 Å². The van der Waals surface area contributed by atoms with E-state index in [-0.39, 0.29) is 28.8 Å². The number of hydrogen-bond donors (Lipinski definition) is 8. The number of anilines is 4. The SMILES string of the molecule is Nc1ccc(Oc2cc(-c3cc(-c4ccc(N)c(C5(O)CCC5)n4)nc(C4(O)CCC4)c3N)c(N)c(C3(O)CCC3)n2)nc1C1(O)CCC1. The van der Waals surface area contributed by atoms with Gasteiger partial charge in [0.15, 0.2) is 0 Å². The van der Waals surface area contributed by atoms with Crippen molar-refractivity contribution in [2.45, 2.75) is 99.5 Å². The van der Waals surface area contributed by atoms with Gasteiger partial charge in [0.05, 0.1) is 56.9 Å². The van der Waals surface area contributed by atoms with Crippen molar-refractivity contribution in [3.63, 3.8) is 0 Å². The summed E-state index contributed by atoms with van der Waals surface area (Å²) in [5.74, 6) is 0.268. The largest absolute Gasteiger partial charge is 0.421 e. The summed E-state index contributed by atoms with van der Waals surface area (Å²) in [5.41, 5.74) is 25.7. The van der Waals surface area contributed by atoms with Crippen molar-refractivity contribution < 1.29 is 25.2 Å². The highest BCUT2D eigenvalue weighted by Crippen LogP contribution is 2.51. The number of ether oxygens (including phenoxy) is 1. The third-order valence-electron chi connectivity index (χ3n) is 11.2. The minimum Gasteiger partial charge on any atom is -0.421 e. The molecule has 0 spiro atoms. The molecule has 8 rings (SSSR count).